The topological polar surface area (TPSA) is 20.2 Å². The van der Waals surface area contributed by atoms with Crippen molar-refractivity contribution in [3.63, 3.8) is 0 Å². The first-order valence-electron chi connectivity index (χ1n) is 5.50. The van der Waals surface area contributed by atoms with E-state index in [9.17, 15) is 5.11 Å². The molecular formula is C15H26O. The fourth-order valence-electron chi connectivity index (χ4n) is 2.34. The molecule has 0 aromatic heterocycles. The van der Waals surface area contributed by atoms with Gasteiger partial charge in [0.25, 0.3) is 0 Å². The molecule has 0 radical (unpaired) electrons. The predicted octanol–water partition coefficient (Wildman–Crippen LogP) is 4.74. The van der Waals surface area contributed by atoms with Crippen molar-refractivity contribution in [2.45, 2.75) is 53.9 Å². The third-order valence-electron chi connectivity index (χ3n) is 2.62. The van der Waals surface area contributed by atoms with Crippen LogP contribution in [0.3, 0.4) is 0 Å². The molecule has 0 spiro atoms. The first-order chi connectivity index (χ1) is 6.71. The van der Waals surface area contributed by atoms with Crippen LogP contribution in [0.15, 0.2) is 24.3 Å². The second-order valence-corrected chi connectivity index (χ2v) is 6.17. The largest absolute Gasteiger partial charge is 0.508 e. The molecule has 1 nitrogen and oxygen atoms in total. The van der Waals surface area contributed by atoms with Gasteiger partial charge in [-0.1, -0.05) is 54.2 Å². The zero-order valence-electron chi connectivity index (χ0n) is 10.5. The smallest absolute Gasteiger partial charge is 0.115 e. The van der Waals surface area contributed by atoms with Crippen molar-refractivity contribution in [3.05, 3.63) is 29.8 Å². The molecule has 0 saturated heterocycles. The van der Waals surface area contributed by atoms with Gasteiger partial charge in [0, 0.05) is 0 Å². The highest BCUT2D eigenvalue weighted by atomic mass is 16.3. The third kappa shape index (κ3) is 4.26. The lowest BCUT2D eigenvalue weighted by Crippen LogP contribution is -2.24. The van der Waals surface area contributed by atoms with E-state index in [1.54, 1.807) is 12.1 Å². The Morgan fingerprint density at radius 3 is 1.75 bits per heavy atom. The molecule has 1 aromatic rings. The summed E-state index contributed by atoms with van der Waals surface area (Å²) in [6, 6.07) is 7.56. The molecule has 0 amide bonds. The zero-order chi connectivity index (χ0) is 11.7. The first-order valence-corrected chi connectivity index (χ1v) is 5.50. The molecule has 0 unspecified atom stereocenters. The summed E-state index contributed by atoms with van der Waals surface area (Å²) in [5, 5.41) is 9.25. The van der Waals surface area contributed by atoms with Crippen molar-refractivity contribution in [3.8, 4) is 5.75 Å². The van der Waals surface area contributed by atoms with E-state index in [1.807, 2.05) is 12.1 Å². The molecule has 0 fully saturated rings. The van der Waals surface area contributed by atoms with E-state index >= 15 is 0 Å². The van der Waals surface area contributed by atoms with Gasteiger partial charge in [-0.25, -0.2) is 0 Å². The molecule has 1 heteroatoms. The van der Waals surface area contributed by atoms with Crippen LogP contribution in [-0.4, -0.2) is 5.11 Å². The Labute approximate surface area is 101 Å². The Morgan fingerprint density at radius 2 is 1.38 bits per heavy atom. The number of phenolic OH excluding ortho intramolecular Hbond substituents is 1. The van der Waals surface area contributed by atoms with E-state index in [1.165, 1.54) is 5.56 Å². The maximum absolute atomic E-state index is 9.25. The molecular weight excluding hydrogens is 196 g/mol. The summed E-state index contributed by atoms with van der Waals surface area (Å²) in [4.78, 5) is 0. The third-order valence-corrected chi connectivity index (χ3v) is 2.62. The van der Waals surface area contributed by atoms with Gasteiger partial charge in [0.15, 0.2) is 0 Å². The van der Waals surface area contributed by atoms with Crippen molar-refractivity contribution < 1.29 is 5.11 Å². The normalized spacial score (nSPS) is 12.1. The predicted molar refractivity (Wildman–Crippen MR) is 71.9 cm³/mol. The maximum atomic E-state index is 9.25. The highest BCUT2D eigenvalue weighted by molar-refractivity contribution is 5.30. The second kappa shape index (κ2) is 4.90. The van der Waals surface area contributed by atoms with Gasteiger partial charge in [-0.3, -0.25) is 0 Å². The Hall–Kier alpha value is -0.980. The molecule has 1 aromatic carbocycles. The van der Waals surface area contributed by atoms with Crippen LogP contribution in [0.2, 0.25) is 0 Å². The lowest BCUT2D eigenvalue weighted by Gasteiger charge is -2.33. The van der Waals surface area contributed by atoms with Crippen molar-refractivity contribution in [2.24, 2.45) is 5.41 Å². The summed E-state index contributed by atoms with van der Waals surface area (Å²) in [6.07, 6.45) is 1.13. The lowest BCUT2D eigenvalue weighted by molar-refractivity contribution is 0.284. The summed E-state index contributed by atoms with van der Waals surface area (Å²) < 4.78 is 0. The average molecular weight is 222 g/mol. The minimum atomic E-state index is 0. The molecule has 16 heavy (non-hydrogen) atoms. The van der Waals surface area contributed by atoms with Gasteiger partial charge in [0.2, 0.25) is 0 Å². The van der Waals surface area contributed by atoms with Gasteiger partial charge in [-0.2, -0.15) is 0 Å². The lowest BCUT2D eigenvalue weighted by atomic mass is 9.72. The molecule has 0 heterocycles. The van der Waals surface area contributed by atoms with E-state index < -0.39 is 0 Å². The van der Waals surface area contributed by atoms with Crippen molar-refractivity contribution in [1.29, 1.82) is 0 Å². The molecule has 0 atom stereocenters. The van der Waals surface area contributed by atoms with Crippen LogP contribution in [0.5, 0.6) is 5.75 Å². The number of benzene rings is 1. The number of hydrogen-bond donors (Lipinski definition) is 1. The molecule has 0 saturated carbocycles. The number of hydrogen-bond acceptors (Lipinski definition) is 1. The van der Waals surface area contributed by atoms with E-state index in [-0.39, 0.29) is 12.8 Å². The van der Waals surface area contributed by atoms with Crippen LogP contribution in [0, 0.1) is 5.41 Å². The number of rotatable bonds is 2. The summed E-state index contributed by atoms with van der Waals surface area (Å²) in [5.74, 6) is 0.338. The maximum Gasteiger partial charge on any atom is 0.115 e. The SMILES string of the molecule is C.CC(C)(C)CC(C)(C)c1ccc(O)cc1. The molecule has 0 bridgehead atoms. The minimum absolute atomic E-state index is 0. The fraction of sp³-hybridized carbons (Fsp3) is 0.600. The van der Waals surface area contributed by atoms with Gasteiger partial charge in [-0.05, 0) is 34.9 Å². The first kappa shape index (κ1) is 15.0. The van der Waals surface area contributed by atoms with Crippen LogP contribution in [0.1, 0.15) is 54.0 Å². The molecule has 0 aliphatic rings. The minimum Gasteiger partial charge on any atom is -0.508 e. The van der Waals surface area contributed by atoms with Crippen LogP contribution < -0.4 is 0 Å². The molecule has 1 rings (SSSR count). The Bertz CT molecular complexity index is 314. The van der Waals surface area contributed by atoms with Gasteiger partial charge in [0.05, 0.1) is 0 Å². The Kier molecular flexibility index (Phi) is 4.60. The monoisotopic (exact) mass is 222 g/mol. The average Bonchev–Trinajstić information content (AvgIpc) is 2.00. The number of aromatic hydroxyl groups is 1. The van der Waals surface area contributed by atoms with Crippen LogP contribution in [0.25, 0.3) is 0 Å². The summed E-state index contributed by atoms with van der Waals surface area (Å²) in [5.41, 5.74) is 1.77. The van der Waals surface area contributed by atoms with Gasteiger partial charge in [-0.15, -0.1) is 0 Å². The zero-order valence-corrected chi connectivity index (χ0v) is 10.5. The summed E-state index contributed by atoms with van der Waals surface area (Å²) in [7, 11) is 0. The van der Waals surface area contributed by atoms with Crippen LogP contribution in [0.4, 0.5) is 0 Å². The standard InChI is InChI=1S/C14H22O.CH4/c1-13(2,3)10-14(4,5)11-6-8-12(15)9-7-11;/h6-9,15H,10H2,1-5H3;1H4. The van der Waals surface area contributed by atoms with Crippen LogP contribution >= 0.6 is 0 Å². The highest BCUT2D eigenvalue weighted by Crippen LogP contribution is 2.36. The van der Waals surface area contributed by atoms with E-state index in [4.69, 9.17) is 0 Å². The van der Waals surface area contributed by atoms with E-state index in [2.05, 4.69) is 34.6 Å². The van der Waals surface area contributed by atoms with E-state index in [0.29, 0.717) is 11.2 Å². The van der Waals surface area contributed by atoms with Crippen LogP contribution in [-0.2, 0) is 5.41 Å². The van der Waals surface area contributed by atoms with E-state index in [0.717, 1.165) is 6.42 Å². The molecule has 92 valence electrons. The second-order valence-electron chi connectivity index (χ2n) is 6.17. The quantitative estimate of drug-likeness (QED) is 0.766. The Balaban J connectivity index is 0.00000225. The summed E-state index contributed by atoms with van der Waals surface area (Å²) in [6.45, 7) is 11.3. The van der Waals surface area contributed by atoms with Crippen molar-refractivity contribution in [2.75, 3.05) is 0 Å². The number of phenols is 1. The van der Waals surface area contributed by atoms with Crippen molar-refractivity contribution in [1.82, 2.24) is 0 Å². The van der Waals surface area contributed by atoms with Gasteiger partial charge >= 0.3 is 0 Å². The summed E-state index contributed by atoms with van der Waals surface area (Å²) >= 11 is 0. The molecule has 0 aliphatic carbocycles. The van der Waals surface area contributed by atoms with Gasteiger partial charge in [0.1, 0.15) is 5.75 Å². The Morgan fingerprint density at radius 1 is 0.938 bits per heavy atom. The molecule has 1 N–H and O–H groups in total. The highest BCUT2D eigenvalue weighted by Gasteiger charge is 2.26. The van der Waals surface area contributed by atoms with Crippen molar-refractivity contribution >= 4 is 0 Å². The van der Waals surface area contributed by atoms with Gasteiger partial charge < -0.3 is 5.11 Å². The fourth-order valence-corrected chi connectivity index (χ4v) is 2.34. The molecule has 0 aliphatic heterocycles.